The van der Waals surface area contributed by atoms with Gasteiger partial charge in [-0.3, -0.25) is 0 Å². The summed E-state index contributed by atoms with van der Waals surface area (Å²) in [6, 6.07) is 4.36. The van der Waals surface area contributed by atoms with Gasteiger partial charge in [0.1, 0.15) is 11.6 Å². The van der Waals surface area contributed by atoms with Gasteiger partial charge in [-0.15, -0.1) is 23.7 Å². The lowest BCUT2D eigenvalue weighted by atomic mass is 9.95. The lowest BCUT2D eigenvalue weighted by Gasteiger charge is -2.32. The molecule has 1 fully saturated rings. The van der Waals surface area contributed by atoms with Crippen molar-refractivity contribution >= 4 is 55.7 Å². The van der Waals surface area contributed by atoms with Gasteiger partial charge in [-0.1, -0.05) is 15.9 Å². The number of aromatic nitrogens is 2. The van der Waals surface area contributed by atoms with E-state index >= 15 is 0 Å². The van der Waals surface area contributed by atoms with Gasteiger partial charge in [0.25, 0.3) is 0 Å². The molecule has 0 amide bonds. The van der Waals surface area contributed by atoms with Crippen molar-refractivity contribution in [3.8, 4) is 11.1 Å². The monoisotopic (exact) mass is 495 g/mol. The van der Waals surface area contributed by atoms with Crippen LogP contribution in [-0.2, 0) is 0 Å². The standard InChI is InChI=1S/C22H26BrN3OS.ClH/c1-12-9-17(23)10-13(2)18(12)19-14(3)28-21-20(19)24-15(4)25-22(21)26-7-5-16(11-27)6-8-26;/h9-10,16,27H,5-8,11H2,1-4H3;1H. The Balaban J connectivity index is 0.00000240. The van der Waals surface area contributed by atoms with Gasteiger partial charge in [0.2, 0.25) is 0 Å². The van der Waals surface area contributed by atoms with Gasteiger partial charge < -0.3 is 10.0 Å². The van der Waals surface area contributed by atoms with Crippen LogP contribution in [0.3, 0.4) is 0 Å². The normalized spacial score (nSPS) is 15.0. The highest BCUT2D eigenvalue weighted by Gasteiger charge is 2.25. The van der Waals surface area contributed by atoms with Crippen molar-refractivity contribution in [1.29, 1.82) is 0 Å². The number of rotatable bonds is 3. The Labute approximate surface area is 190 Å². The number of hydrogen-bond donors (Lipinski definition) is 1. The number of piperidine rings is 1. The van der Waals surface area contributed by atoms with Gasteiger partial charge in [-0.2, -0.15) is 0 Å². The van der Waals surface area contributed by atoms with Gasteiger partial charge in [0.05, 0.1) is 10.2 Å². The molecule has 0 bridgehead atoms. The molecule has 0 aliphatic carbocycles. The fraction of sp³-hybridized carbons (Fsp3) is 0.455. The lowest BCUT2D eigenvalue weighted by Crippen LogP contribution is -2.35. The summed E-state index contributed by atoms with van der Waals surface area (Å²) < 4.78 is 2.30. The van der Waals surface area contributed by atoms with Crippen molar-refractivity contribution in [2.45, 2.75) is 40.5 Å². The zero-order valence-electron chi connectivity index (χ0n) is 17.3. The highest BCUT2D eigenvalue weighted by Crippen LogP contribution is 2.44. The van der Waals surface area contributed by atoms with Crippen molar-refractivity contribution in [2.24, 2.45) is 5.92 Å². The summed E-state index contributed by atoms with van der Waals surface area (Å²) in [5.41, 5.74) is 6.13. The molecule has 1 saturated heterocycles. The summed E-state index contributed by atoms with van der Waals surface area (Å²) in [7, 11) is 0. The number of nitrogens with zero attached hydrogens (tertiary/aromatic N) is 3. The summed E-state index contributed by atoms with van der Waals surface area (Å²) in [5, 5.41) is 9.46. The van der Waals surface area contributed by atoms with Crippen LogP contribution in [0, 0.1) is 33.6 Å². The van der Waals surface area contributed by atoms with Crippen molar-refractivity contribution in [3.63, 3.8) is 0 Å². The smallest absolute Gasteiger partial charge is 0.150 e. The van der Waals surface area contributed by atoms with Crippen LogP contribution in [0.5, 0.6) is 0 Å². The molecule has 2 aromatic heterocycles. The number of fused-ring (bicyclic) bond motifs is 1. The Morgan fingerprint density at radius 3 is 2.28 bits per heavy atom. The molecule has 29 heavy (non-hydrogen) atoms. The Kier molecular flexibility index (Phi) is 6.88. The summed E-state index contributed by atoms with van der Waals surface area (Å²) in [6.45, 7) is 10.7. The van der Waals surface area contributed by atoms with Gasteiger partial charge in [-0.25, -0.2) is 9.97 Å². The van der Waals surface area contributed by atoms with Crippen LogP contribution in [-0.4, -0.2) is 34.8 Å². The molecule has 0 unspecified atom stereocenters. The summed E-state index contributed by atoms with van der Waals surface area (Å²) in [6.07, 6.45) is 2.03. The Bertz CT molecular complexity index is 1020. The van der Waals surface area contributed by atoms with Gasteiger partial charge in [0.15, 0.2) is 0 Å². The third-order valence-electron chi connectivity index (χ3n) is 5.72. The van der Waals surface area contributed by atoms with Crippen molar-refractivity contribution in [3.05, 3.63) is 38.4 Å². The minimum absolute atomic E-state index is 0. The molecular formula is C22H27BrClN3OS. The van der Waals surface area contributed by atoms with Crippen molar-refractivity contribution in [1.82, 2.24) is 9.97 Å². The molecule has 1 aliphatic heterocycles. The number of anilines is 1. The zero-order chi connectivity index (χ0) is 20.0. The van der Waals surface area contributed by atoms with Crippen LogP contribution in [0.1, 0.15) is 34.7 Å². The predicted octanol–water partition coefficient (Wildman–Crippen LogP) is 5.98. The van der Waals surface area contributed by atoms with E-state index in [1.54, 1.807) is 11.3 Å². The number of benzene rings is 1. The molecule has 1 aliphatic rings. The summed E-state index contributed by atoms with van der Waals surface area (Å²) in [4.78, 5) is 13.4. The van der Waals surface area contributed by atoms with E-state index in [9.17, 15) is 5.11 Å². The predicted molar refractivity (Wildman–Crippen MR) is 129 cm³/mol. The number of thiophene rings is 1. The highest BCUT2D eigenvalue weighted by molar-refractivity contribution is 9.10. The third kappa shape index (κ3) is 4.18. The second-order valence-corrected chi connectivity index (χ2v) is 9.97. The SMILES string of the molecule is Cc1nc(N2CCC(CO)CC2)c2sc(C)c(-c3c(C)cc(Br)cc3C)c2n1.Cl. The van der Waals surface area contributed by atoms with Crippen LogP contribution < -0.4 is 4.90 Å². The van der Waals surface area contributed by atoms with E-state index in [1.165, 1.54) is 31.8 Å². The minimum atomic E-state index is 0. The van der Waals surface area contributed by atoms with E-state index in [0.29, 0.717) is 5.92 Å². The first-order valence-electron chi connectivity index (χ1n) is 9.79. The lowest BCUT2D eigenvalue weighted by molar-refractivity contribution is 0.203. The molecule has 4 nitrogen and oxygen atoms in total. The zero-order valence-corrected chi connectivity index (χ0v) is 20.5. The molecule has 1 N–H and O–H groups in total. The summed E-state index contributed by atoms with van der Waals surface area (Å²) in [5.74, 6) is 2.30. The maximum absolute atomic E-state index is 9.46. The average Bonchev–Trinajstić information content (AvgIpc) is 2.96. The van der Waals surface area contributed by atoms with Gasteiger partial charge in [-0.05, 0) is 75.3 Å². The molecule has 0 atom stereocenters. The number of halogens is 2. The molecule has 4 rings (SSSR count). The topological polar surface area (TPSA) is 49.2 Å². The maximum Gasteiger partial charge on any atom is 0.150 e. The first kappa shape index (κ1) is 22.5. The quantitative estimate of drug-likeness (QED) is 0.484. The maximum atomic E-state index is 9.46. The van der Waals surface area contributed by atoms with Gasteiger partial charge >= 0.3 is 0 Å². The van der Waals surface area contributed by atoms with Gasteiger partial charge in [0, 0.05) is 34.6 Å². The van der Waals surface area contributed by atoms with Crippen molar-refractivity contribution < 1.29 is 5.11 Å². The second kappa shape index (κ2) is 8.88. The van der Waals surface area contributed by atoms with Crippen LogP contribution in [0.2, 0.25) is 0 Å². The minimum Gasteiger partial charge on any atom is -0.396 e. The van der Waals surface area contributed by atoms with E-state index in [4.69, 9.17) is 9.97 Å². The molecule has 3 aromatic rings. The molecule has 0 radical (unpaired) electrons. The van der Waals surface area contributed by atoms with Crippen LogP contribution in [0.15, 0.2) is 16.6 Å². The fourth-order valence-electron chi connectivity index (χ4n) is 4.32. The number of aliphatic hydroxyl groups is 1. The molecular weight excluding hydrogens is 470 g/mol. The number of aryl methyl sites for hydroxylation is 4. The highest BCUT2D eigenvalue weighted by atomic mass is 79.9. The van der Waals surface area contributed by atoms with Crippen molar-refractivity contribution in [2.75, 3.05) is 24.6 Å². The second-order valence-electron chi connectivity index (χ2n) is 7.83. The largest absolute Gasteiger partial charge is 0.396 e. The van der Waals surface area contributed by atoms with E-state index in [0.717, 1.165) is 47.6 Å². The Morgan fingerprint density at radius 1 is 1.07 bits per heavy atom. The van der Waals surface area contributed by atoms with Crippen LogP contribution in [0.4, 0.5) is 5.82 Å². The van der Waals surface area contributed by atoms with E-state index in [1.807, 2.05) is 6.92 Å². The first-order chi connectivity index (χ1) is 13.4. The molecule has 7 heteroatoms. The Hall–Kier alpha value is -1.21. The molecule has 3 heterocycles. The molecule has 156 valence electrons. The average molecular weight is 497 g/mol. The molecule has 1 aromatic carbocycles. The number of aliphatic hydroxyl groups excluding tert-OH is 1. The summed E-state index contributed by atoms with van der Waals surface area (Å²) >= 11 is 5.42. The molecule has 0 saturated carbocycles. The third-order valence-corrected chi connectivity index (χ3v) is 7.27. The first-order valence-corrected chi connectivity index (χ1v) is 11.4. The van der Waals surface area contributed by atoms with E-state index < -0.39 is 0 Å². The fourth-order valence-corrected chi connectivity index (χ4v) is 6.13. The molecule has 0 spiro atoms. The van der Waals surface area contributed by atoms with Crippen LogP contribution in [0.25, 0.3) is 21.3 Å². The number of hydrogen-bond acceptors (Lipinski definition) is 5. The van der Waals surface area contributed by atoms with Crippen LogP contribution >= 0.6 is 39.7 Å². The Morgan fingerprint density at radius 2 is 1.69 bits per heavy atom. The van der Waals surface area contributed by atoms with E-state index in [2.05, 4.69) is 53.7 Å². The van der Waals surface area contributed by atoms with E-state index in [-0.39, 0.29) is 19.0 Å².